The normalized spacial score (nSPS) is 14.3. The van der Waals surface area contributed by atoms with Crippen LogP contribution >= 0.6 is 15.9 Å². The summed E-state index contributed by atoms with van der Waals surface area (Å²) in [7, 11) is 1.67. The average molecular weight is 309 g/mol. The van der Waals surface area contributed by atoms with Gasteiger partial charge in [-0.2, -0.15) is 0 Å². The second-order valence-corrected chi connectivity index (χ2v) is 5.03. The predicted octanol–water partition coefficient (Wildman–Crippen LogP) is 1.82. The zero-order chi connectivity index (χ0) is 12.5. The number of methoxy groups -OCH3 is 1. The number of aromatic nitrogens is 3. The van der Waals surface area contributed by atoms with Gasteiger partial charge in [0.15, 0.2) is 5.82 Å². The fraction of sp³-hybridized carbons (Fsp3) is 0.333. The molecule has 6 heteroatoms. The van der Waals surface area contributed by atoms with Crippen LogP contribution in [0.25, 0.3) is 11.4 Å². The van der Waals surface area contributed by atoms with Crippen molar-refractivity contribution in [1.29, 1.82) is 0 Å². The summed E-state index contributed by atoms with van der Waals surface area (Å²) in [4.78, 5) is 0. The number of ether oxygens (including phenoxy) is 1. The van der Waals surface area contributed by atoms with E-state index in [-0.39, 0.29) is 0 Å². The van der Waals surface area contributed by atoms with Crippen molar-refractivity contribution in [3.8, 4) is 17.1 Å². The Balaban J connectivity index is 2.12. The van der Waals surface area contributed by atoms with Gasteiger partial charge in [-0.25, -0.2) is 0 Å². The minimum absolute atomic E-state index is 0.770. The molecule has 0 atom stereocenters. The number of nitrogens with one attached hydrogen (secondary N) is 1. The number of hydrogen-bond acceptors (Lipinski definition) is 4. The second kappa shape index (κ2) is 4.70. The molecule has 3 rings (SSSR count). The van der Waals surface area contributed by atoms with Crippen LogP contribution in [0.4, 0.5) is 0 Å². The lowest BCUT2D eigenvalue weighted by atomic mass is 10.2. The Labute approximate surface area is 113 Å². The molecule has 2 heterocycles. The molecule has 0 fully saturated rings. The fourth-order valence-corrected chi connectivity index (χ4v) is 2.48. The van der Waals surface area contributed by atoms with Crippen molar-refractivity contribution in [2.45, 2.75) is 13.1 Å². The minimum atomic E-state index is 0.770. The molecule has 18 heavy (non-hydrogen) atoms. The number of nitrogens with zero attached hydrogens (tertiary/aromatic N) is 3. The molecule has 1 aromatic carbocycles. The van der Waals surface area contributed by atoms with Gasteiger partial charge in [-0.1, -0.05) is 15.9 Å². The average Bonchev–Trinajstić information content (AvgIpc) is 2.82. The van der Waals surface area contributed by atoms with Crippen LogP contribution in [-0.2, 0) is 13.1 Å². The summed E-state index contributed by atoms with van der Waals surface area (Å²) < 4.78 is 8.54. The van der Waals surface area contributed by atoms with Gasteiger partial charge in [-0.05, 0) is 18.2 Å². The van der Waals surface area contributed by atoms with Gasteiger partial charge in [0, 0.05) is 17.6 Å². The van der Waals surface area contributed by atoms with Crippen LogP contribution in [0.15, 0.2) is 22.7 Å². The molecule has 0 aliphatic carbocycles. The molecule has 0 radical (unpaired) electrons. The summed E-state index contributed by atoms with van der Waals surface area (Å²) >= 11 is 3.44. The highest BCUT2D eigenvalue weighted by Crippen LogP contribution is 2.32. The van der Waals surface area contributed by atoms with Crippen molar-refractivity contribution in [2.24, 2.45) is 0 Å². The van der Waals surface area contributed by atoms with Crippen molar-refractivity contribution < 1.29 is 4.74 Å². The third-order valence-electron chi connectivity index (χ3n) is 3.03. The first kappa shape index (κ1) is 11.7. The monoisotopic (exact) mass is 308 g/mol. The van der Waals surface area contributed by atoms with Crippen molar-refractivity contribution in [3.05, 3.63) is 28.5 Å². The predicted molar refractivity (Wildman–Crippen MR) is 71.4 cm³/mol. The smallest absolute Gasteiger partial charge is 0.167 e. The third-order valence-corrected chi connectivity index (χ3v) is 3.52. The Morgan fingerprint density at radius 2 is 2.28 bits per heavy atom. The van der Waals surface area contributed by atoms with Gasteiger partial charge >= 0.3 is 0 Å². The highest BCUT2D eigenvalue weighted by molar-refractivity contribution is 9.10. The molecule has 0 spiro atoms. The van der Waals surface area contributed by atoms with Crippen molar-refractivity contribution >= 4 is 15.9 Å². The van der Waals surface area contributed by atoms with E-state index in [1.807, 2.05) is 18.2 Å². The van der Waals surface area contributed by atoms with Crippen LogP contribution in [0, 0.1) is 0 Å². The topological polar surface area (TPSA) is 52.0 Å². The van der Waals surface area contributed by atoms with Gasteiger partial charge in [0.25, 0.3) is 0 Å². The lowest BCUT2D eigenvalue weighted by Gasteiger charge is -2.17. The molecular weight excluding hydrogens is 296 g/mol. The van der Waals surface area contributed by atoms with Crippen molar-refractivity contribution in [2.75, 3.05) is 13.7 Å². The second-order valence-electron chi connectivity index (χ2n) is 4.11. The van der Waals surface area contributed by atoms with E-state index < -0.39 is 0 Å². The van der Waals surface area contributed by atoms with E-state index in [9.17, 15) is 0 Å². The van der Waals surface area contributed by atoms with Gasteiger partial charge in [-0.15, -0.1) is 10.2 Å². The Hall–Kier alpha value is -1.40. The van der Waals surface area contributed by atoms with E-state index in [4.69, 9.17) is 4.74 Å². The van der Waals surface area contributed by atoms with Crippen molar-refractivity contribution in [1.82, 2.24) is 20.1 Å². The molecule has 2 aromatic rings. The Bertz CT molecular complexity index is 581. The van der Waals surface area contributed by atoms with Crippen LogP contribution in [-0.4, -0.2) is 28.4 Å². The zero-order valence-corrected chi connectivity index (χ0v) is 11.6. The van der Waals surface area contributed by atoms with E-state index in [1.165, 1.54) is 0 Å². The zero-order valence-electron chi connectivity index (χ0n) is 9.98. The molecule has 0 amide bonds. The van der Waals surface area contributed by atoms with E-state index in [2.05, 4.69) is 36.0 Å². The molecule has 0 saturated heterocycles. The number of rotatable bonds is 2. The third kappa shape index (κ3) is 1.91. The Morgan fingerprint density at radius 3 is 3.11 bits per heavy atom. The summed E-state index contributed by atoms with van der Waals surface area (Å²) in [6.07, 6.45) is 0. The summed E-state index contributed by atoms with van der Waals surface area (Å²) in [5, 5.41) is 11.8. The number of fused-ring (bicyclic) bond motifs is 1. The molecule has 94 valence electrons. The summed E-state index contributed by atoms with van der Waals surface area (Å²) in [5.41, 5.74) is 0.973. The minimum Gasteiger partial charge on any atom is -0.496 e. The van der Waals surface area contributed by atoms with Gasteiger partial charge < -0.3 is 14.6 Å². The highest BCUT2D eigenvalue weighted by Gasteiger charge is 2.19. The number of hydrogen-bond donors (Lipinski definition) is 1. The van der Waals surface area contributed by atoms with Gasteiger partial charge in [0.2, 0.25) is 0 Å². The summed E-state index contributed by atoms with van der Waals surface area (Å²) in [6.45, 7) is 2.60. The molecule has 1 aliphatic heterocycles. The van der Waals surface area contributed by atoms with Crippen LogP contribution in [0.5, 0.6) is 5.75 Å². The molecule has 1 aromatic heterocycles. The molecule has 0 bridgehead atoms. The SMILES string of the molecule is COc1cc(Br)ccc1-c1nnc2n1CCNC2. The molecule has 1 aliphatic rings. The van der Waals surface area contributed by atoms with E-state index in [0.29, 0.717) is 0 Å². The van der Waals surface area contributed by atoms with Crippen LogP contribution in [0.2, 0.25) is 0 Å². The standard InChI is InChI=1S/C12H13BrN4O/c1-18-10-6-8(13)2-3-9(10)12-16-15-11-7-14-4-5-17(11)12/h2-3,6,14H,4-5,7H2,1H3. The van der Waals surface area contributed by atoms with Crippen LogP contribution in [0.3, 0.4) is 0 Å². The van der Waals surface area contributed by atoms with Crippen molar-refractivity contribution in [3.63, 3.8) is 0 Å². The van der Waals surface area contributed by atoms with Gasteiger partial charge in [0.1, 0.15) is 11.6 Å². The lowest BCUT2D eigenvalue weighted by Crippen LogP contribution is -2.28. The van der Waals surface area contributed by atoms with Crippen LogP contribution in [0.1, 0.15) is 5.82 Å². The maximum absolute atomic E-state index is 5.41. The maximum Gasteiger partial charge on any atom is 0.167 e. The van der Waals surface area contributed by atoms with E-state index >= 15 is 0 Å². The Kier molecular flexibility index (Phi) is 3.05. The number of halogens is 1. The molecule has 1 N–H and O–H groups in total. The van der Waals surface area contributed by atoms with Gasteiger partial charge in [0.05, 0.1) is 19.2 Å². The molecule has 5 nitrogen and oxygen atoms in total. The summed E-state index contributed by atoms with van der Waals surface area (Å²) in [5.74, 6) is 2.65. The molecular formula is C12H13BrN4O. The Morgan fingerprint density at radius 1 is 1.39 bits per heavy atom. The van der Waals surface area contributed by atoms with E-state index in [0.717, 1.165) is 47.1 Å². The number of benzene rings is 1. The lowest BCUT2D eigenvalue weighted by molar-refractivity contribution is 0.415. The van der Waals surface area contributed by atoms with E-state index in [1.54, 1.807) is 7.11 Å². The quantitative estimate of drug-likeness (QED) is 0.919. The highest BCUT2D eigenvalue weighted by atomic mass is 79.9. The molecule has 0 unspecified atom stereocenters. The first-order valence-electron chi connectivity index (χ1n) is 5.76. The fourth-order valence-electron chi connectivity index (χ4n) is 2.14. The largest absolute Gasteiger partial charge is 0.496 e. The maximum atomic E-state index is 5.41. The summed E-state index contributed by atoms with van der Waals surface area (Å²) in [6, 6.07) is 5.93. The van der Waals surface area contributed by atoms with Gasteiger partial charge in [-0.3, -0.25) is 0 Å². The van der Waals surface area contributed by atoms with Crippen LogP contribution < -0.4 is 10.1 Å². The first-order chi connectivity index (χ1) is 8.79. The first-order valence-corrected chi connectivity index (χ1v) is 6.55. The molecule has 0 saturated carbocycles.